The molecule has 0 radical (unpaired) electrons. The summed E-state index contributed by atoms with van der Waals surface area (Å²) in [5, 5.41) is 4.60. The van der Waals surface area contributed by atoms with Crippen LogP contribution in [0.4, 0.5) is 5.69 Å². The minimum atomic E-state index is 0.526. The molecule has 1 aliphatic heterocycles. The molecule has 94 valence electrons. The van der Waals surface area contributed by atoms with E-state index in [1.165, 1.54) is 12.1 Å². The fourth-order valence-corrected chi connectivity index (χ4v) is 2.77. The summed E-state index contributed by atoms with van der Waals surface area (Å²) in [4.78, 5) is 2.40. The van der Waals surface area contributed by atoms with Crippen LogP contribution in [0.3, 0.4) is 0 Å². The molecular weight excluding hydrogens is 255 g/mol. The summed E-state index contributed by atoms with van der Waals surface area (Å²) in [6.45, 7) is 3.32. The first kappa shape index (κ1) is 13.0. The summed E-state index contributed by atoms with van der Waals surface area (Å²) in [7, 11) is 2.03. The van der Waals surface area contributed by atoms with Crippen LogP contribution in [-0.2, 0) is 0 Å². The van der Waals surface area contributed by atoms with Crippen molar-refractivity contribution in [1.29, 1.82) is 0 Å². The first-order valence-electron chi connectivity index (χ1n) is 6.00. The highest BCUT2D eigenvalue weighted by molar-refractivity contribution is 6.42. The van der Waals surface area contributed by atoms with Crippen molar-refractivity contribution in [2.75, 3.05) is 18.5 Å². The molecule has 0 spiro atoms. The van der Waals surface area contributed by atoms with Gasteiger partial charge in [-0.2, -0.15) is 0 Å². The number of rotatable bonds is 2. The van der Waals surface area contributed by atoms with Gasteiger partial charge in [0, 0.05) is 24.3 Å². The van der Waals surface area contributed by atoms with Crippen molar-refractivity contribution in [2.24, 2.45) is 0 Å². The Balaban J connectivity index is 2.14. The second-order valence-electron chi connectivity index (χ2n) is 4.65. The number of hydrogen-bond acceptors (Lipinski definition) is 2. The number of halogens is 2. The van der Waals surface area contributed by atoms with E-state index >= 15 is 0 Å². The molecule has 2 atom stereocenters. The highest BCUT2D eigenvalue weighted by Crippen LogP contribution is 2.30. The lowest BCUT2D eigenvalue weighted by atomic mass is 9.98. The average Bonchev–Trinajstić information content (AvgIpc) is 2.32. The highest BCUT2D eigenvalue weighted by Gasteiger charge is 2.24. The van der Waals surface area contributed by atoms with Crippen molar-refractivity contribution in [1.82, 2.24) is 5.32 Å². The highest BCUT2D eigenvalue weighted by atomic mass is 35.5. The summed E-state index contributed by atoms with van der Waals surface area (Å²) in [6, 6.07) is 7.03. The van der Waals surface area contributed by atoms with E-state index in [0.717, 1.165) is 13.0 Å². The Morgan fingerprint density at radius 2 is 2.06 bits per heavy atom. The molecule has 0 saturated carbocycles. The maximum absolute atomic E-state index is 6.07. The monoisotopic (exact) mass is 272 g/mol. The molecule has 1 fully saturated rings. The first-order valence-corrected chi connectivity index (χ1v) is 6.76. The van der Waals surface area contributed by atoms with Crippen LogP contribution in [0, 0.1) is 0 Å². The lowest BCUT2D eigenvalue weighted by Gasteiger charge is -2.39. The van der Waals surface area contributed by atoms with Gasteiger partial charge in [-0.25, -0.2) is 0 Å². The summed E-state index contributed by atoms with van der Waals surface area (Å²) < 4.78 is 0. The van der Waals surface area contributed by atoms with Gasteiger partial charge in [0.05, 0.1) is 10.0 Å². The molecule has 2 unspecified atom stereocenters. The maximum Gasteiger partial charge on any atom is 0.0612 e. The molecule has 0 bridgehead atoms. The van der Waals surface area contributed by atoms with Crippen LogP contribution in [0.15, 0.2) is 18.2 Å². The average molecular weight is 273 g/mol. The fourth-order valence-electron chi connectivity index (χ4n) is 2.48. The van der Waals surface area contributed by atoms with E-state index in [1.807, 2.05) is 25.2 Å². The van der Waals surface area contributed by atoms with Gasteiger partial charge in [-0.05, 0) is 45.0 Å². The summed E-state index contributed by atoms with van der Waals surface area (Å²) in [6.07, 6.45) is 2.33. The van der Waals surface area contributed by atoms with Crippen LogP contribution in [-0.4, -0.2) is 25.7 Å². The van der Waals surface area contributed by atoms with E-state index in [4.69, 9.17) is 23.2 Å². The Labute approximate surface area is 113 Å². The molecule has 1 saturated heterocycles. The Kier molecular flexibility index (Phi) is 4.18. The third kappa shape index (κ3) is 2.87. The minimum absolute atomic E-state index is 0.526. The smallest absolute Gasteiger partial charge is 0.0612 e. The quantitative estimate of drug-likeness (QED) is 0.886. The fraction of sp³-hybridized carbons (Fsp3) is 0.538. The zero-order chi connectivity index (χ0) is 12.4. The van der Waals surface area contributed by atoms with Gasteiger partial charge in [0.25, 0.3) is 0 Å². The zero-order valence-corrected chi connectivity index (χ0v) is 11.7. The maximum atomic E-state index is 6.07. The first-order chi connectivity index (χ1) is 8.11. The Morgan fingerprint density at radius 3 is 2.65 bits per heavy atom. The molecule has 0 aromatic heterocycles. The van der Waals surface area contributed by atoms with E-state index < -0.39 is 0 Å². The third-order valence-electron chi connectivity index (χ3n) is 3.52. The molecule has 1 N–H and O–H groups in total. The zero-order valence-electron chi connectivity index (χ0n) is 10.2. The number of nitrogens with one attached hydrogen (secondary N) is 1. The molecule has 2 rings (SSSR count). The second kappa shape index (κ2) is 5.47. The van der Waals surface area contributed by atoms with Crippen molar-refractivity contribution >= 4 is 28.9 Å². The standard InChI is InChI=1S/C13H18Cl2N2/c1-9-7-10(16-2)5-6-17(9)11-3-4-12(14)13(15)8-11/h3-4,8-10,16H,5-7H2,1-2H3. The molecule has 1 aliphatic rings. The summed E-state index contributed by atoms with van der Waals surface area (Å²) in [5.74, 6) is 0. The number of nitrogens with zero attached hydrogens (tertiary/aromatic N) is 1. The molecule has 4 heteroatoms. The molecule has 17 heavy (non-hydrogen) atoms. The molecule has 1 aromatic rings. The van der Waals surface area contributed by atoms with Crippen molar-refractivity contribution < 1.29 is 0 Å². The van der Waals surface area contributed by atoms with Crippen molar-refractivity contribution in [2.45, 2.75) is 31.8 Å². The van der Waals surface area contributed by atoms with Gasteiger partial charge in [-0.15, -0.1) is 0 Å². The summed E-state index contributed by atoms with van der Waals surface area (Å²) in [5.41, 5.74) is 1.17. The van der Waals surface area contributed by atoms with Crippen LogP contribution in [0.25, 0.3) is 0 Å². The van der Waals surface area contributed by atoms with Crippen LogP contribution in [0.2, 0.25) is 10.0 Å². The van der Waals surface area contributed by atoms with E-state index in [9.17, 15) is 0 Å². The minimum Gasteiger partial charge on any atom is -0.369 e. The Morgan fingerprint density at radius 1 is 1.29 bits per heavy atom. The van der Waals surface area contributed by atoms with Crippen LogP contribution in [0.5, 0.6) is 0 Å². The van der Waals surface area contributed by atoms with Crippen LogP contribution < -0.4 is 10.2 Å². The van der Waals surface area contributed by atoms with Crippen molar-refractivity contribution in [3.63, 3.8) is 0 Å². The predicted octanol–water partition coefficient (Wildman–Crippen LogP) is 3.57. The normalized spacial score (nSPS) is 25.1. The summed E-state index contributed by atoms with van der Waals surface area (Å²) >= 11 is 12.0. The lowest BCUT2D eigenvalue weighted by molar-refractivity contribution is 0.387. The van der Waals surface area contributed by atoms with Crippen LogP contribution in [0.1, 0.15) is 19.8 Å². The van der Waals surface area contributed by atoms with Gasteiger partial charge < -0.3 is 10.2 Å². The molecular formula is C13H18Cl2N2. The second-order valence-corrected chi connectivity index (χ2v) is 5.47. The topological polar surface area (TPSA) is 15.3 Å². The van der Waals surface area contributed by atoms with Crippen molar-refractivity contribution in [3.05, 3.63) is 28.2 Å². The largest absolute Gasteiger partial charge is 0.369 e. The van der Waals surface area contributed by atoms with Crippen LogP contribution >= 0.6 is 23.2 Å². The lowest BCUT2D eigenvalue weighted by Crippen LogP contribution is -2.46. The van der Waals surface area contributed by atoms with E-state index in [0.29, 0.717) is 22.1 Å². The molecule has 2 nitrogen and oxygen atoms in total. The number of piperidine rings is 1. The number of anilines is 1. The third-order valence-corrected chi connectivity index (χ3v) is 4.26. The SMILES string of the molecule is CNC1CCN(c2ccc(Cl)c(Cl)c2)C(C)C1. The van der Waals surface area contributed by atoms with Gasteiger partial charge in [0.15, 0.2) is 0 Å². The Hall–Kier alpha value is -0.440. The molecule has 1 aromatic carbocycles. The van der Waals surface area contributed by atoms with E-state index in [-0.39, 0.29) is 0 Å². The Bertz CT molecular complexity index is 395. The van der Waals surface area contributed by atoms with Gasteiger partial charge in [0.1, 0.15) is 0 Å². The van der Waals surface area contributed by atoms with Gasteiger partial charge >= 0.3 is 0 Å². The number of hydrogen-bond donors (Lipinski definition) is 1. The molecule has 0 amide bonds. The van der Waals surface area contributed by atoms with E-state index in [1.54, 1.807) is 0 Å². The van der Waals surface area contributed by atoms with E-state index in [2.05, 4.69) is 17.1 Å². The molecule has 0 aliphatic carbocycles. The van der Waals surface area contributed by atoms with Gasteiger partial charge in [0.2, 0.25) is 0 Å². The number of benzene rings is 1. The van der Waals surface area contributed by atoms with Crippen molar-refractivity contribution in [3.8, 4) is 0 Å². The predicted molar refractivity (Wildman–Crippen MR) is 75.4 cm³/mol. The van der Waals surface area contributed by atoms with Gasteiger partial charge in [-0.3, -0.25) is 0 Å². The molecule has 1 heterocycles. The van der Waals surface area contributed by atoms with Gasteiger partial charge in [-0.1, -0.05) is 23.2 Å².